The van der Waals surface area contributed by atoms with Crippen LogP contribution in [0.1, 0.15) is 5.56 Å². The predicted molar refractivity (Wildman–Crippen MR) is 72.7 cm³/mol. The molecule has 0 unspecified atom stereocenters. The van der Waals surface area contributed by atoms with Gasteiger partial charge in [-0.1, -0.05) is 40.0 Å². The third kappa shape index (κ3) is 4.29. The van der Waals surface area contributed by atoms with E-state index in [-0.39, 0.29) is 11.1 Å². The van der Waals surface area contributed by atoms with Crippen LogP contribution in [0.25, 0.3) is 0 Å². The zero-order valence-corrected chi connectivity index (χ0v) is 11.6. The highest BCUT2D eigenvalue weighted by atomic mass is 35.5. The molecule has 0 bridgehead atoms. The molecule has 4 nitrogen and oxygen atoms in total. The van der Waals surface area contributed by atoms with Crippen molar-refractivity contribution in [1.82, 2.24) is 0 Å². The second-order valence-corrected chi connectivity index (χ2v) is 4.49. The predicted octanol–water partition coefficient (Wildman–Crippen LogP) is 3.85. The van der Waals surface area contributed by atoms with Gasteiger partial charge in [-0.05, 0) is 12.1 Å². The van der Waals surface area contributed by atoms with Crippen LogP contribution in [-0.4, -0.2) is 25.1 Å². The van der Waals surface area contributed by atoms with Gasteiger partial charge in [0.05, 0.1) is 18.3 Å². The first-order valence-corrected chi connectivity index (χ1v) is 5.90. The number of hydrogen-bond acceptors (Lipinski definition) is 4. The molecule has 0 aliphatic carbocycles. The van der Waals surface area contributed by atoms with Crippen LogP contribution in [0.3, 0.4) is 0 Å². The zero-order chi connectivity index (χ0) is 13.5. The van der Waals surface area contributed by atoms with Gasteiger partial charge in [0.2, 0.25) is 0 Å². The molecule has 0 aliphatic heterocycles. The van der Waals surface area contributed by atoms with Gasteiger partial charge < -0.3 is 14.7 Å². The fourth-order valence-corrected chi connectivity index (χ4v) is 1.67. The maximum absolute atomic E-state index is 8.56. The molecule has 0 radical (unpaired) electrons. The summed E-state index contributed by atoms with van der Waals surface area (Å²) in [7, 11) is 1.46. The first-order valence-electron chi connectivity index (χ1n) is 4.77. The van der Waals surface area contributed by atoms with Crippen LogP contribution in [0, 0.1) is 0 Å². The van der Waals surface area contributed by atoms with E-state index >= 15 is 0 Å². The summed E-state index contributed by atoms with van der Waals surface area (Å²) < 4.78 is 10.6. The Morgan fingerprint density at radius 1 is 1.44 bits per heavy atom. The van der Waals surface area contributed by atoms with Crippen molar-refractivity contribution in [3.05, 3.63) is 33.3 Å². The molecule has 0 saturated carbocycles. The minimum absolute atomic E-state index is 0.117. The maximum atomic E-state index is 8.56. The van der Waals surface area contributed by atoms with Crippen molar-refractivity contribution < 1.29 is 14.7 Å². The Morgan fingerprint density at radius 3 is 2.72 bits per heavy atom. The van der Waals surface area contributed by atoms with Crippen molar-refractivity contribution in [3.63, 3.8) is 0 Å². The van der Waals surface area contributed by atoms with E-state index in [1.54, 1.807) is 12.1 Å². The fourth-order valence-electron chi connectivity index (χ4n) is 1.25. The molecule has 98 valence electrons. The average molecular weight is 311 g/mol. The molecule has 0 aliphatic rings. The molecule has 0 aromatic heterocycles. The summed E-state index contributed by atoms with van der Waals surface area (Å²) in [5, 5.41) is 11.8. The smallest absolute Gasteiger partial charge is 0.146 e. The maximum Gasteiger partial charge on any atom is 0.146 e. The third-order valence-corrected chi connectivity index (χ3v) is 2.52. The Bertz CT molecular complexity index is 471. The molecular weight excluding hydrogens is 300 g/mol. The van der Waals surface area contributed by atoms with Gasteiger partial charge in [-0.25, -0.2) is 0 Å². The van der Waals surface area contributed by atoms with Gasteiger partial charge in [-0.15, -0.1) is 0 Å². The molecule has 7 heteroatoms. The molecule has 1 N–H and O–H groups in total. The first-order chi connectivity index (χ1) is 8.58. The molecule has 0 fully saturated rings. The average Bonchev–Trinajstić information content (AvgIpc) is 2.28. The summed E-state index contributed by atoms with van der Waals surface area (Å²) >= 11 is 16.9. The molecule has 1 aromatic carbocycles. The minimum Gasteiger partial charge on any atom is -0.494 e. The molecule has 0 spiro atoms. The van der Waals surface area contributed by atoms with Crippen LogP contribution in [0.2, 0.25) is 5.02 Å². The quantitative estimate of drug-likeness (QED) is 0.510. The van der Waals surface area contributed by atoms with Crippen molar-refractivity contribution in [3.8, 4) is 11.5 Å². The lowest BCUT2D eigenvalue weighted by molar-refractivity contribution is 0.321. The summed E-state index contributed by atoms with van der Waals surface area (Å²) in [6.07, 6.45) is 2.68. The standard InChI is InChI=1S/C11H10Cl3NO3/c1-17-11-7(6-15-16)4-8(5-9(11)12)18-3-2-10(13)14/h2,4-6,16H,3H2,1H3/b15-6+. The molecule has 0 heterocycles. The summed E-state index contributed by atoms with van der Waals surface area (Å²) in [4.78, 5) is 0. The second kappa shape index (κ2) is 7.36. The van der Waals surface area contributed by atoms with Gasteiger partial charge >= 0.3 is 0 Å². The molecule has 1 aromatic rings. The van der Waals surface area contributed by atoms with Crippen molar-refractivity contribution in [1.29, 1.82) is 0 Å². The lowest BCUT2D eigenvalue weighted by atomic mass is 10.2. The molecule has 1 rings (SSSR count). The number of methoxy groups -OCH3 is 1. The monoisotopic (exact) mass is 309 g/mol. The van der Waals surface area contributed by atoms with Crippen LogP contribution in [-0.2, 0) is 0 Å². The Morgan fingerprint density at radius 2 is 2.17 bits per heavy atom. The lowest BCUT2D eigenvalue weighted by Crippen LogP contribution is -1.97. The van der Waals surface area contributed by atoms with Crippen LogP contribution in [0.4, 0.5) is 0 Å². The van der Waals surface area contributed by atoms with Gasteiger partial charge in [0.15, 0.2) is 0 Å². The minimum atomic E-state index is 0.117. The molecule has 0 saturated heterocycles. The lowest BCUT2D eigenvalue weighted by Gasteiger charge is -2.10. The Kier molecular flexibility index (Phi) is 6.12. The van der Waals surface area contributed by atoms with E-state index < -0.39 is 0 Å². The molecule has 18 heavy (non-hydrogen) atoms. The topological polar surface area (TPSA) is 51.0 Å². The zero-order valence-electron chi connectivity index (χ0n) is 9.36. The number of rotatable bonds is 5. The van der Waals surface area contributed by atoms with E-state index in [1.165, 1.54) is 19.4 Å². The van der Waals surface area contributed by atoms with Crippen LogP contribution in [0.15, 0.2) is 27.9 Å². The largest absolute Gasteiger partial charge is 0.494 e. The van der Waals surface area contributed by atoms with Crippen molar-refractivity contribution >= 4 is 41.0 Å². The van der Waals surface area contributed by atoms with Crippen LogP contribution >= 0.6 is 34.8 Å². The van der Waals surface area contributed by atoms with Gasteiger partial charge in [0.25, 0.3) is 0 Å². The highest BCUT2D eigenvalue weighted by molar-refractivity contribution is 6.55. The van der Waals surface area contributed by atoms with E-state index in [1.807, 2.05) is 0 Å². The van der Waals surface area contributed by atoms with Gasteiger partial charge in [0, 0.05) is 11.6 Å². The van der Waals surface area contributed by atoms with Crippen molar-refractivity contribution in [2.75, 3.05) is 13.7 Å². The third-order valence-electron chi connectivity index (χ3n) is 1.93. The number of halogens is 3. The number of benzene rings is 1. The number of nitrogens with zero attached hydrogens (tertiary/aromatic N) is 1. The van der Waals surface area contributed by atoms with Crippen molar-refractivity contribution in [2.45, 2.75) is 0 Å². The van der Waals surface area contributed by atoms with Crippen molar-refractivity contribution in [2.24, 2.45) is 5.16 Å². The molecule has 0 atom stereocenters. The Hall–Kier alpha value is -1.10. The summed E-state index contributed by atoms with van der Waals surface area (Å²) in [6.45, 7) is 0.195. The second-order valence-electron chi connectivity index (χ2n) is 3.08. The molecular formula is C11H10Cl3NO3. The summed E-state index contributed by atoms with van der Waals surface area (Å²) in [6, 6.07) is 3.19. The SMILES string of the molecule is COc1c(Cl)cc(OCC=C(Cl)Cl)cc1/C=N/O. The fraction of sp³-hybridized carbons (Fsp3) is 0.182. The van der Waals surface area contributed by atoms with Gasteiger partial charge in [-0.2, -0.15) is 0 Å². The summed E-state index contributed by atoms with van der Waals surface area (Å²) in [5.41, 5.74) is 0.489. The van der Waals surface area contributed by atoms with E-state index in [9.17, 15) is 0 Å². The van der Waals surface area contributed by atoms with E-state index in [4.69, 9.17) is 49.5 Å². The van der Waals surface area contributed by atoms with Crippen LogP contribution in [0.5, 0.6) is 11.5 Å². The van der Waals surface area contributed by atoms with E-state index in [2.05, 4.69) is 5.16 Å². The van der Waals surface area contributed by atoms with Gasteiger partial charge in [-0.3, -0.25) is 0 Å². The molecule has 0 amide bonds. The highest BCUT2D eigenvalue weighted by Gasteiger charge is 2.09. The number of oxime groups is 1. The Balaban J connectivity index is 2.97. The highest BCUT2D eigenvalue weighted by Crippen LogP contribution is 2.32. The van der Waals surface area contributed by atoms with E-state index in [0.717, 1.165) is 0 Å². The Labute approximate surface area is 119 Å². The normalized spacial score (nSPS) is 10.4. The van der Waals surface area contributed by atoms with Crippen LogP contribution < -0.4 is 9.47 Å². The van der Waals surface area contributed by atoms with Gasteiger partial charge in [0.1, 0.15) is 22.6 Å². The van der Waals surface area contributed by atoms with E-state index in [0.29, 0.717) is 22.1 Å². The first kappa shape index (κ1) is 15.0. The summed E-state index contributed by atoms with van der Waals surface area (Å²) in [5.74, 6) is 0.870. The number of ether oxygens (including phenoxy) is 2. The number of hydrogen-bond donors (Lipinski definition) is 1.